The molecule has 0 heterocycles. The molecule has 0 aromatic heterocycles. The Hall–Kier alpha value is -0.770. The minimum atomic E-state index is 0. The predicted molar refractivity (Wildman–Crippen MR) is 68.8 cm³/mol. The Balaban J connectivity index is 0.00000225. The molecule has 0 fully saturated rings. The third-order valence-electron chi connectivity index (χ3n) is 2.09. The van der Waals surface area contributed by atoms with Crippen molar-refractivity contribution in [1.29, 1.82) is 0 Å². The molecule has 0 saturated heterocycles. The van der Waals surface area contributed by atoms with E-state index >= 15 is 0 Å². The van der Waals surface area contributed by atoms with Gasteiger partial charge in [-0.3, -0.25) is 4.79 Å². The standard InChI is InChI=1S/C11H15ClN2O.ClH/c1-14(11(15)5-6-13)8-9-3-2-4-10(12)7-9;/h2-4,7H,5-6,8,13H2,1H3;1H. The molecule has 0 aliphatic carbocycles. The molecule has 0 atom stereocenters. The van der Waals surface area contributed by atoms with E-state index in [2.05, 4.69) is 0 Å². The molecular weight excluding hydrogens is 247 g/mol. The van der Waals surface area contributed by atoms with Crippen molar-refractivity contribution in [2.24, 2.45) is 5.73 Å². The fourth-order valence-corrected chi connectivity index (χ4v) is 1.52. The van der Waals surface area contributed by atoms with E-state index in [1.54, 1.807) is 11.9 Å². The Morgan fingerprint density at radius 3 is 2.75 bits per heavy atom. The first-order valence-corrected chi connectivity index (χ1v) is 5.19. The number of carbonyl (C=O) groups is 1. The highest BCUT2D eigenvalue weighted by atomic mass is 35.5. The normalized spacial score (nSPS) is 9.44. The molecule has 0 saturated carbocycles. The van der Waals surface area contributed by atoms with E-state index in [1.165, 1.54) is 0 Å². The van der Waals surface area contributed by atoms with E-state index in [4.69, 9.17) is 17.3 Å². The van der Waals surface area contributed by atoms with Gasteiger partial charge in [-0.1, -0.05) is 23.7 Å². The lowest BCUT2D eigenvalue weighted by Crippen LogP contribution is -2.27. The number of nitrogens with two attached hydrogens (primary N) is 1. The molecule has 0 bridgehead atoms. The molecule has 1 aromatic carbocycles. The summed E-state index contributed by atoms with van der Waals surface area (Å²) in [5, 5.41) is 0.687. The van der Waals surface area contributed by atoms with Crippen LogP contribution in [0.5, 0.6) is 0 Å². The van der Waals surface area contributed by atoms with E-state index in [-0.39, 0.29) is 18.3 Å². The highest BCUT2D eigenvalue weighted by Gasteiger charge is 2.07. The van der Waals surface area contributed by atoms with Gasteiger partial charge in [-0.15, -0.1) is 12.4 Å². The highest BCUT2D eigenvalue weighted by molar-refractivity contribution is 6.30. The van der Waals surface area contributed by atoms with Crippen molar-refractivity contribution in [2.45, 2.75) is 13.0 Å². The molecular formula is C11H16Cl2N2O. The van der Waals surface area contributed by atoms with Gasteiger partial charge in [0, 0.05) is 31.6 Å². The number of hydrogen-bond acceptors (Lipinski definition) is 2. The summed E-state index contributed by atoms with van der Waals surface area (Å²) in [5.74, 6) is 0.0532. The van der Waals surface area contributed by atoms with Crippen molar-refractivity contribution >= 4 is 29.9 Å². The summed E-state index contributed by atoms with van der Waals surface area (Å²) < 4.78 is 0. The first-order chi connectivity index (χ1) is 7.13. The lowest BCUT2D eigenvalue weighted by molar-refractivity contribution is -0.130. The lowest BCUT2D eigenvalue weighted by atomic mass is 10.2. The van der Waals surface area contributed by atoms with E-state index in [1.807, 2.05) is 24.3 Å². The minimum Gasteiger partial charge on any atom is -0.341 e. The molecule has 5 heteroatoms. The average Bonchev–Trinajstić information content (AvgIpc) is 2.18. The van der Waals surface area contributed by atoms with Crippen LogP contribution >= 0.6 is 24.0 Å². The van der Waals surface area contributed by atoms with E-state index in [9.17, 15) is 4.79 Å². The van der Waals surface area contributed by atoms with Crippen molar-refractivity contribution in [3.8, 4) is 0 Å². The van der Waals surface area contributed by atoms with Crippen LogP contribution in [-0.2, 0) is 11.3 Å². The number of nitrogens with zero attached hydrogens (tertiary/aromatic N) is 1. The van der Waals surface area contributed by atoms with Crippen molar-refractivity contribution in [2.75, 3.05) is 13.6 Å². The Labute approximate surface area is 107 Å². The summed E-state index contributed by atoms with van der Waals surface area (Å²) in [6.45, 7) is 0.956. The number of hydrogen-bond donors (Lipinski definition) is 1. The smallest absolute Gasteiger partial charge is 0.223 e. The predicted octanol–water partition coefficient (Wildman–Crippen LogP) is 2.07. The first kappa shape index (κ1) is 15.2. The summed E-state index contributed by atoms with van der Waals surface area (Å²) in [7, 11) is 1.76. The topological polar surface area (TPSA) is 46.3 Å². The van der Waals surface area contributed by atoms with Crippen LogP contribution in [0.15, 0.2) is 24.3 Å². The molecule has 16 heavy (non-hydrogen) atoms. The van der Waals surface area contributed by atoms with E-state index in [0.717, 1.165) is 5.56 Å². The van der Waals surface area contributed by atoms with Gasteiger partial charge in [-0.25, -0.2) is 0 Å². The fraction of sp³-hybridized carbons (Fsp3) is 0.364. The van der Waals surface area contributed by atoms with Crippen LogP contribution in [-0.4, -0.2) is 24.4 Å². The van der Waals surface area contributed by atoms with Crippen molar-refractivity contribution in [3.63, 3.8) is 0 Å². The zero-order valence-electron chi connectivity index (χ0n) is 9.15. The van der Waals surface area contributed by atoms with Gasteiger partial charge in [0.25, 0.3) is 0 Å². The molecule has 1 aromatic rings. The third-order valence-corrected chi connectivity index (χ3v) is 2.33. The molecule has 0 spiro atoms. The van der Waals surface area contributed by atoms with Crippen molar-refractivity contribution in [3.05, 3.63) is 34.9 Å². The Morgan fingerprint density at radius 1 is 1.50 bits per heavy atom. The summed E-state index contributed by atoms with van der Waals surface area (Å²) >= 11 is 5.85. The summed E-state index contributed by atoms with van der Waals surface area (Å²) in [4.78, 5) is 13.1. The van der Waals surface area contributed by atoms with E-state index < -0.39 is 0 Å². The van der Waals surface area contributed by atoms with Crippen molar-refractivity contribution in [1.82, 2.24) is 4.90 Å². The number of benzene rings is 1. The van der Waals surface area contributed by atoms with Crippen LogP contribution in [0.25, 0.3) is 0 Å². The van der Waals surface area contributed by atoms with Gasteiger partial charge in [0.05, 0.1) is 0 Å². The van der Waals surface area contributed by atoms with Gasteiger partial charge in [0.15, 0.2) is 0 Å². The Morgan fingerprint density at radius 2 is 2.19 bits per heavy atom. The van der Waals surface area contributed by atoms with Crippen LogP contribution in [0.4, 0.5) is 0 Å². The van der Waals surface area contributed by atoms with Crippen LogP contribution in [0.1, 0.15) is 12.0 Å². The zero-order valence-corrected chi connectivity index (χ0v) is 10.7. The molecule has 0 aliphatic heterocycles. The van der Waals surface area contributed by atoms with Gasteiger partial charge in [-0.2, -0.15) is 0 Å². The van der Waals surface area contributed by atoms with Gasteiger partial charge >= 0.3 is 0 Å². The van der Waals surface area contributed by atoms with Gasteiger partial charge in [0.1, 0.15) is 0 Å². The number of halogens is 2. The number of carbonyl (C=O) groups excluding carboxylic acids is 1. The third kappa shape index (κ3) is 4.84. The van der Waals surface area contributed by atoms with Crippen LogP contribution < -0.4 is 5.73 Å². The highest BCUT2D eigenvalue weighted by Crippen LogP contribution is 2.12. The number of rotatable bonds is 4. The number of amides is 1. The van der Waals surface area contributed by atoms with Crippen molar-refractivity contribution < 1.29 is 4.79 Å². The molecule has 90 valence electrons. The maximum absolute atomic E-state index is 11.4. The quantitative estimate of drug-likeness (QED) is 0.903. The molecule has 1 rings (SSSR count). The SMILES string of the molecule is CN(Cc1cccc(Cl)c1)C(=O)CCN.Cl. The second-order valence-electron chi connectivity index (χ2n) is 3.42. The lowest BCUT2D eigenvalue weighted by Gasteiger charge is -2.16. The van der Waals surface area contributed by atoms with Gasteiger partial charge < -0.3 is 10.6 Å². The van der Waals surface area contributed by atoms with Gasteiger partial charge in [0.2, 0.25) is 5.91 Å². The second kappa shape index (κ2) is 7.49. The second-order valence-corrected chi connectivity index (χ2v) is 3.85. The molecule has 0 unspecified atom stereocenters. The summed E-state index contributed by atoms with van der Waals surface area (Å²) in [6, 6.07) is 7.48. The van der Waals surface area contributed by atoms with Crippen LogP contribution in [0.3, 0.4) is 0 Å². The molecule has 0 radical (unpaired) electrons. The van der Waals surface area contributed by atoms with Gasteiger partial charge in [-0.05, 0) is 17.7 Å². The molecule has 2 N–H and O–H groups in total. The molecule has 1 amide bonds. The maximum Gasteiger partial charge on any atom is 0.223 e. The van der Waals surface area contributed by atoms with Crippen LogP contribution in [0, 0.1) is 0 Å². The first-order valence-electron chi connectivity index (χ1n) is 4.82. The summed E-state index contributed by atoms with van der Waals surface area (Å²) in [5.41, 5.74) is 6.34. The molecule has 3 nitrogen and oxygen atoms in total. The fourth-order valence-electron chi connectivity index (χ4n) is 1.31. The summed E-state index contributed by atoms with van der Waals surface area (Å²) in [6.07, 6.45) is 0.386. The molecule has 0 aliphatic rings. The van der Waals surface area contributed by atoms with Crippen LogP contribution in [0.2, 0.25) is 5.02 Å². The largest absolute Gasteiger partial charge is 0.341 e. The Bertz CT molecular complexity index is 345. The maximum atomic E-state index is 11.4. The minimum absolute atomic E-state index is 0. The average molecular weight is 263 g/mol. The Kier molecular flexibility index (Phi) is 7.13. The van der Waals surface area contributed by atoms with E-state index in [0.29, 0.717) is 24.5 Å². The monoisotopic (exact) mass is 262 g/mol. The zero-order chi connectivity index (χ0) is 11.3.